The van der Waals surface area contributed by atoms with E-state index < -0.39 is 0 Å². The smallest absolute Gasteiger partial charge is 0.155 e. The molecule has 0 fully saturated rings. The average Bonchev–Trinajstić information content (AvgIpc) is 2.18. The molecule has 0 N–H and O–H groups in total. The molecule has 0 bridgehead atoms. The van der Waals surface area contributed by atoms with E-state index in [0.29, 0.717) is 12.2 Å². The van der Waals surface area contributed by atoms with Gasteiger partial charge in [0.1, 0.15) is 0 Å². The monoisotopic (exact) mass is 188 g/mol. The lowest BCUT2D eigenvalue weighted by Gasteiger charge is -2.39. The largest absolute Gasteiger partial charge is 0.295 e. The molecule has 0 radical (unpaired) electrons. The Balaban J connectivity index is 2.46. The van der Waals surface area contributed by atoms with Gasteiger partial charge in [-0.1, -0.05) is 31.2 Å². The molecule has 0 amide bonds. The van der Waals surface area contributed by atoms with E-state index in [1.54, 1.807) is 0 Å². The van der Waals surface area contributed by atoms with Crippen LogP contribution in [-0.4, -0.2) is 5.78 Å². The van der Waals surface area contributed by atoms with Crippen LogP contribution in [-0.2, 0) is 4.79 Å². The maximum absolute atomic E-state index is 11.3. The van der Waals surface area contributed by atoms with Gasteiger partial charge in [0.15, 0.2) is 5.78 Å². The van der Waals surface area contributed by atoms with Gasteiger partial charge in [-0.3, -0.25) is 4.79 Å². The molecule has 1 unspecified atom stereocenters. The van der Waals surface area contributed by atoms with Crippen LogP contribution in [0.5, 0.6) is 0 Å². The van der Waals surface area contributed by atoms with E-state index in [1.165, 1.54) is 11.1 Å². The minimum atomic E-state index is 0.105. The topological polar surface area (TPSA) is 17.1 Å². The minimum Gasteiger partial charge on any atom is -0.295 e. The highest BCUT2D eigenvalue weighted by molar-refractivity contribution is 5.92. The highest BCUT2D eigenvalue weighted by Crippen LogP contribution is 2.47. The fourth-order valence-corrected chi connectivity index (χ4v) is 2.55. The predicted octanol–water partition coefficient (Wildman–Crippen LogP) is 3.19. The summed E-state index contributed by atoms with van der Waals surface area (Å²) in [6.07, 6.45) is 9.80. The summed E-state index contributed by atoms with van der Waals surface area (Å²) in [5.74, 6) is 0.294. The van der Waals surface area contributed by atoms with Crippen molar-refractivity contribution in [3.63, 3.8) is 0 Å². The summed E-state index contributed by atoms with van der Waals surface area (Å²) in [5.41, 5.74) is 2.72. The molecule has 2 rings (SSSR count). The lowest BCUT2D eigenvalue weighted by Crippen LogP contribution is -2.29. The zero-order valence-electron chi connectivity index (χ0n) is 8.68. The van der Waals surface area contributed by atoms with Crippen molar-refractivity contribution in [1.82, 2.24) is 0 Å². The first-order chi connectivity index (χ1) is 6.66. The van der Waals surface area contributed by atoms with Crippen LogP contribution in [0.15, 0.2) is 36.0 Å². The summed E-state index contributed by atoms with van der Waals surface area (Å²) in [5, 5.41) is 0. The first-order valence-corrected chi connectivity index (χ1v) is 5.24. The van der Waals surface area contributed by atoms with Gasteiger partial charge in [-0.05, 0) is 30.9 Å². The second-order valence-electron chi connectivity index (χ2n) is 4.37. The Bertz CT molecular complexity index is 346. The van der Waals surface area contributed by atoms with Gasteiger partial charge in [-0.15, -0.1) is 0 Å². The third-order valence-corrected chi connectivity index (χ3v) is 3.55. The Morgan fingerprint density at radius 2 is 2.29 bits per heavy atom. The highest BCUT2D eigenvalue weighted by atomic mass is 16.1. The Morgan fingerprint density at radius 1 is 1.50 bits per heavy atom. The van der Waals surface area contributed by atoms with Crippen LogP contribution in [0, 0.1) is 5.41 Å². The first kappa shape index (κ1) is 9.45. The van der Waals surface area contributed by atoms with Gasteiger partial charge in [0.25, 0.3) is 0 Å². The standard InChI is InChI=1S/C13H16O/c1-3-10-5-4-6-11-9-12(14)7-8-13(10,11)2/h3,5,9H,1,4,6-8H2,2H3. The van der Waals surface area contributed by atoms with Gasteiger partial charge in [0, 0.05) is 11.8 Å². The molecule has 0 spiro atoms. The normalized spacial score (nSPS) is 31.6. The number of ketones is 1. The summed E-state index contributed by atoms with van der Waals surface area (Å²) >= 11 is 0. The summed E-state index contributed by atoms with van der Waals surface area (Å²) in [4.78, 5) is 11.3. The molecular formula is C13H16O. The predicted molar refractivity (Wildman–Crippen MR) is 57.9 cm³/mol. The summed E-state index contributed by atoms with van der Waals surface area (Å²) in [6, 6.07) is 0. The Hall–Kier alpha value is -1.11. The maximum atomic E-state index is 11.3. The van der Waals surface area contributed by atoms with Crippen molar-refractivity contribution in [3.8, 4) is 0 Å². The first-order valence-electron chi connectivity index (χ1n) is 5.24. The molecular weight excluding hydrogens is 172 g/mol. The molecule has 74 valence electrons. The van der Waals surface area contributed by atoms with Crippen molar-refractivity contribution < 1.29 is 4.79 Å². The van der Waals surface area contributed by atoms with Gasteiger partial charge in [-0.25, -0.2) is 0 Å². The van der Waals surface area contributed by atoms with E-state index >= 15 is 0 Å². The molecule has 1 nitrogen and oxygen atoms in total. The van der Waals surface area contributed by atoms with Crippen LogP contribution in [0.3, 0.4) is 0 Å². The van der Waals surface area contributed by atoms with E-state index in [2.05, 4.69) is 19.6 Å². The van der Waals surface area contributed by atoms with Gasteiger partial charge in [-0.2, -0.15) is 0 Å². The molecule has 0 saturated heterocycles. The van der Waals surface area contributed by atoms with Crippen molar-refractivity contribution in [3.05, 3.63) is 36.0 Å². The van der Waals surface area contributed by atoms with Crippen LogP contribution in [0.4, 0.5) is 0 Å². The number of carbonyl (C=O) groups excluding carboxylic acids is 1. The van der Waals surface area contributed by atoms with Gasteiger partial charge >= 0.3 is 0 Å². The quantitative estimate of drug-likeness (QED) is 0.617. The Labute approximate surface area is 85.2 Å². The van der Waals surface area contributed by atoms with Crippen LogP contribution in [0.2, 0.25) is 0 Å². The van der Waals surface area contributed by atoms with Crippen molar-refractivity contribution >= 4 is 5.78 Å². The Morgan fingerprint density at radius 3 is 3.00 bits per heavy atom. The van der Waals surface area contributed by atoms with E-state index in [9.17, 15) is 4.79 Å². The molecule has 1 heteroatoms. The van der Waals surface area contributed by atoms with Crippen LogP contribution < -0.4 is 0 Å². The van der Waals surface area contributed by atoms with E-state index in [-0.39, 0.29) is 5.41 Å². The van der Waals surface area contributed by atoms with Gasteiger partial charge < -0.3 is 0 Å². The molecule has 0 aromatic carbocycles. The lowest BCUT2D eigenvalue weighted by molar-refractivity contribution is -0.115. The van der Waals surface area contributed by atoms with E-state index in [0.717, 1.165) is 19.3 Å². The fraction of sp³-hybridized carbons (Fsp3) is 0.462. The number of allylic oxidation sites excluding steroid dienone is 5. The third kappa shape index (κ3) is 1.28. The van der Waals surface area contributed by atoms with Crippen molar-refractivity contribution in [2.45, 2.75) is 32.6 Å². The van der Waals surface area contributed by atoms with Gasteiger partial charge in [0.05, 0.1) is 0 Å². The minimum absolute atomic E-state index is 0.105. The van der Waals surface area contributed by atoms with Crippen LogP contribution in [0.1, 0.15) is 32.6 Å². The molecule has 2 aliphatic carbocycles. The molecule has 0 saturated carbocycles. The molecule has 1 atom stereocenters. The summed E-state index contributed by atoms with van der Waals surface area (Å²) < 4.78 is 0. The molecule has 0 heterocycles. The van der Waals surface area contributed by atoms with Crippen LogP contribution >= 0.6 is 0 Å². The SMILES string of the molecule is C=CC1=CCCC2=CC(=O)CCC12C. The number of hydrogen-bond acceptors (Lipinski definition) is 1. The molecule has 0 aliphatic heterocycles. The number of fused-ring (bicyclic) bond motifs is 1. The van der Waals surface area contributed by atoms with Crippen LogP contribution in [0.25, 0.3) is 0 Å². The van der Waals surface area contributed by atoms with Gasteiger partial charge in [0.2, 0.25) is 0 Å². The Kier molecular flexibility index (Phi) is 2.18. The van der Waals surface area contributed by atoms with Crippen molar-refractivity contribution in [2.24, 2.45) is 5.41 Å². The average molecular weight is 188 g/mol. The number of rotatable bonds is 1. The molecule has 2 aliphatic rings. The van der Waals surface area contributed by atoms with Crippen molar-refractivity contribution in [1.29, 1.82) is 0 Å². The summed E-state index contributed by atoms with van der Waals surface area (Å²) in [6.45, 7) is 6.09. The zero-order chi connectivity index (χ0) is 10.2. The highest BCUT2D eigenvalue weighted by Gasteiger charge is 2.36. The second-order valence-corrected chi connectivity index (χ2v) is 4.37. The molecule has 0 aromatic rings. The number of hydrogen-bond donors (Lipinski definition) is 0. The fourth-order valence-electron chi connectivity index (χ4n) is 2.55. The molecule has 0 aromatic heterocycles. The van der Waals surface area contributed by atoms with Crippen molar-refractivity contribution in [2.75, 3.05) is 0 Å². The number of carbonyl (C=O) groups is 1. The second kappa shape index (κ2) is 3.23. The molecule has 14 heavy (non-hydrogen) atoms. The van der Waals surface area contributed by atoms with E-state index in [1.807, 2.05) is 12.2 Å². The van der Waals surface area contributed by atoms with E-state index in [4.69, 9.17) is 0 Å². The third-order valence-electron chi connectivity index (χ3n) is 3.55. The lowest BCUT2D eigenvalue weighted by atomic mass is 9.65. The maximum Gasteiger partial charge on any atom is 0.155 e. The summed E-state index contributed by atoms with van der Waals surface area (Å²) in [7, 11) is 0. The zero-order valence-corrected chi connectivity index (χ0v) is 8.68.